The molecule has 0 bridgehead atoms. The van der Waals surface area contributed by atoms with Crippen molar-refractivity contribution in [2.75, 3.05) is 51.8 Å². The number of ether oxygens (including phenoxy) is 2. The summed E-state index contributed by atoms with van der Waals surface area (Å²) in [5, 5.41) is 5.98. The number of hydrogen-bond donors (Lipinski definition) is 2. The molecule has 1 aromatic rings. The molecular formula is C17H25N3O5S. The molecule has 0 saturated carbocycles. The van der Waals surface area contributed by atoms with Crippen LogP contribution < -0.4 is 15.4 Å². The molecule has 0 spiro atoms. The molecule has 2 fully saturated rings. The number of benzene rings is 1. The largest absolute Gasteiger partial charge is 0.495 e. The molecule has 9 heteroatoms. The highest BCUT2D eigenvalue weighted by Crippen LogP contribution is 2.30. The first-order valence-corrected chi connectivity index (χ1v) is 10.1. The molecule has 2 N–H and O–H groups in total. The number of carbonyl (C=O) groups excluding carboxylic acids is 1. The monoisotopic (exact) mass is 383 g/mol. The van der Waals surface area contributed by atoms with Gasteiger partial charge in [0.2, 0.25) is 15.9 Å². The number of nitrogens with one attached hydrogen (secondary N) is 2. The van der Waals surface area contributed by atoms with Crippen LogP contribution in [0.5, 0.6) is 5.75 Å². The van der Waals surface area contributed by atoms with Crippen molar-refractivity contribution in [2.45, 2.75) is 11.8 Å². The lowest BCUT2D eigenvalue weighted by Gasteiger charge is -2.31. The van der Waals surface area contributed by atoms with Gasteiger partial charge in [-0.1, -0.05) is 6.92 Å². The van der Waals surface area contributed by atoms with E-state index in [0.717, 1.165) is 13.1 Å². The molecule has 2 saturated heterocycles. The van der Waals surface area contributed by atoms with Crippen LogP contribution >= 0.6 is 0 Å². The molecule has 1 atom stereocenters. The zero-order chi connectivity index (χ0) is 18.7. The molecule has 0 radical (unpaired) electrons. The SMILES string of the molecule is COc1ccc(NC(=O)C(C)C2CNC2)cc1S(=O)(=O)N1CCOCC1. The fourth-order valence-corrected chi connectivity index (χ4v) is 4.61. The third-order valence-electron chi connectivity index (χ3n) is 4.95. The second-order valence-corrected chi connectivity index (χ2v) is 8.48. The van der Waals surface area contributed by atoms with E-state index in [0.29, 0.717) is 37.9 Å². The highest BCUT2D eigenvalue weighted by molar-refractivity contribution is 7.89. The number of methoxy groups -OCH3 is 1. The highest BCUT2D eigenvalue weighted by atomic mass is 32.2. The number of nitrogens with zero attached hydrogens (tertiary/aromatic N) is 1. The average Bonchev–Trinajstić information content (AvgIpc) is 2.61. The topological polar surface area (TPSA) is 97.0 Å². The second-order valence-electron chi connectivity index (χ2n) is 6.58. The Morgan fingerprint density at radius 2 is 2.04 bits per heavy atom. The smallest absolute Gasteiger partial charge is 0.246 e. The highest BCUT2D eigenvalue weighted by Gasteiger charge is 2.31. The van der Waals surface area contributed by atoms with Crippen molar-refractivity contribution in [1.82, 2.24) is 9.62 Å². The molecule has 144 valence electrons. The molecule has 0 aromatic heterocycles. The van der Waals surface area contributed by atoms with E-state index in [9.17, 15) is 13.2 Å². The number of carbonyl (C=O) groups is 1. The molecule has 1 aromatic carbocycles. The lowest BCUT2D eigenvalue weighted by atomic mass is 9.88. The Balaban J connectivity index is 1.83. The Bertz CT molecular complexity index is 758. The summed E-state index contributed by atoms with van der Waals surface area (Å²) in [6.07, 6.45) is 0. The van der Waals surface area contributed by atoms with Crippen LogP contribution in [-0.2, 0) is 19.6 Å². The first-order chi connectivity index (χ1) is 12.4. The molecule has 3 rings (SSSR count). The number of amides is 1. The van der Waals surface area contributed by atoms with Gasteiger partial charge in [-0.2, -0.15) is 4.31 Å². The lowest BCUT2D eigenvalue weighted by Crippen LogP contribution is -2.48. The van der Waals surface area contributed by atoms with Gasteiger partial charge in [-0.3, -0.25) is 4.79 Å². The second kappa shape index (κ2) is 7.91. The average molecular weight is 383 g/mol. The Labute approximate surface area is 153 Å². The maximum Gasteiger partial charge on any atom is 0.246 e. The van der Waals surface area contributed by atoms with Gasteiger partial charge in [0.1, 0.15) is 10.6 Å². The first-order valence-electron chi connectivity index (χ1n) is 8.71. The van der Waals surface area contributed by atoms with E-state index in [-0.39, 0.29) is 22.5 Å². The van der Waals surface area contributed by atoms with Crippen LogP contribution in [0.1, 0.15) is 6.92 Å². The number of rotatable bonds is 6. The third-order valence-corrected chi connectivity index (χ3v) is 6.87. The summed E-state index contributed by atoms with van der Waals surface area (Å²) < 4.78 is 37.8. The van der Waals surface area contributed by atoms with Crippen molar-refractivity contribution in [3.05, 3.63) is 18.2 Å². The number of anilines is 1. The summed E-state index contributed by atoms with van der Waals surface area (Å²) >= 11 is 0. The number of morpholine rings is 1. The quantitative estimate of drug-likeness (QED) is 0.743. The summed E-state index contributed by atoms with van der Waals surface area (Å²) in [5.74, 6) is 0.310. The number of sulfonamides is 1. The predicted molar refractivity (Wildman–Crippen MR) is 96.7 cm³/mol. The van der Waals surface area contributed by atoms with Gasteiger partial charge < -0.3 is 20.1 Å². The van der Waals surface area contributed by atoms with Gasteiger partial charge in [0, 0.05) is 24.7 Å². The van der Waals surface area contributed by atoms with Crippen LogP contribution in [0.25, 0.3) is 0 Å². The Hall–Kier alpha value is -1.68. The Morgan fingerprint density at radius 3 is 2.62 bits per heavy atom. The molecule has 2 aliphatic rings. The van der Waals surface area contributed by atoms with Crippen molar-refractivity contribution >= 4 is 21.6 Å². The molecule has 1 amide bonds. The standard InChI is InChI=1S/C17H25N3O5S/c1-12(13-10-18-11-13)17(21)19-14-3-4-15(24-2)16(9-14)26(22,23)20-5-7-25-8-6-20/h3-4,9,12-13,18H,5-8,10-11H2,1-2H3,(H,19,21). The normalized spacial score (nSPS) is 20.2. The van der Waals surface area contributed by atoms with E-state index in [1.807, 2.05) is 6.92 Å². The van der Waals surface area contributed by atoms with Crippen molar-refractivity contribution in [2.24, 2.45) is 11.8 Å². The van der Waals surface area contributed by atoms with E-state index in [1.54, 1.807) is 12.1 Å². The molecular weight excluding hydrogens is 358 g/mol. The van der Waals surface area contributed by atoms with Gasteiger partial charge in [0.15, 0.2) is 0 Å². The molecule has 1 unspecified atom stereocenters. The van der Waals surface area contributed by atoms with Gasteiger partial charge in [-0.15, -0.1) is 0 Å². The van der Waals surface area contributed by atoms with Gasteiger partial charge in [0.25, 0.3) is 0 Å². The van der Waals surface area contributed by atoms with Crippen LogP contribution in [0.3, 0.4) is 0 Å². The summed E-state index contributed by atoms with van der Waals surface area (Å²) in [7, 11) is -2.30. The van der Waals surface area contributed by atoms with Crippen molar-refractivity contribution < 1.29 is 22.7 Å². The Morgan fingerprint density at radius 1 is 1.35 bits per heavy atom. The summed E-state index contributed by atoms with van der Waals surface area (Å²) in [5.41, 5.74) is 0.446. The van der Waals surface area contributed by atoms with Crippen LogP contribution in [0.4, 0.5) is 5.69 Å². The number of hydrogen-bond acceptors (Lipinski definition) is 6. The molecule has 8 nitrogen and oxygen atoms in total. The van der Waals surface area contributed by atoms with Crippen LogP contribution in [0.2, 0.25) is 0 Å². The van der Waals surface area contributed by atoms with Crippen LogP contribution in [0, 0.1) is 11.8 Å². The third kappa shape index (κ3) is 3.85. The van der Waals surface area contributed by atoms with E-state index in [1.165, 1.54) is 17.5 Å². The van der Waals surface area contributed by atoms with Gasteiger partial charge in [-0.05, 0) is 37.2 Å². The van der Waals surface area contributed by atoms with E-state index >= 15 is 0 Å². The van der Waals surface area contributed by atoms with E-state index in [2.05, 4.69) is 10.6 Å². The lowest BCUT2D eigenvalue weighted by molar-refractivity contribution is -0.121. The minimum absolute atomic E-state index is 0.0534. The molecule has 0 aliphatic carbocycles. The molecule has 2 aliphatic heterocycles. The fourth-order valence-electron chi connectivity index (χ4n) is 3.02. The fraction of sp³-hybridized carbons (Fsp3) is 0.588. The maximum absolute atomic E-state index is 13.0. The van der Waals surface area contributed by atoms with Crippen molar-refractivity contribution in [3.63, 3.8) is 0 Å². The zero-order valence-electron chi connectivity index (χ0n) is 15.0. The van der Waals surface area contributed by atoms with Gasteiger partial charge in [0.05, 0.1) is 20.3 Å². The summed E-state index contributed by atoms with van der Waals surface area (Å²) in [6, 6.07) is 4.69. The van der Waals surface area contributed by atoms with Crippen molar-refractivity contribution in [3.8, 4) is 5.75 Å². The summed E-state index contributed by atoms with van der Waals surface area (Å²) in [6.45, 7) is 4.87. The predicted octanol–water partition coefficient (Wildman–Crippen LogP) is 0.510. The van der Waals surface area contributed by atoms with Crippen LogP contribution in [0.15, 0.2) is 23.1 Å². The van der Waals surface area contributed by atoms with Crippen molar-refractivity contribution in [1.29, 1.82) is 0 Å². The minimum atomic E-state index is -3.73. The van der Waals surface area contributed by atoms with Gasteiger partial charge in [-0.25, -0.2) is 8.42 Å². The van der Waals surface area contributed by atoms with E-state index < -0.39 is 10.0 Å². The maximum atomic E-state index is 13.0. The molecule has 2 heterocycles. The van der Waals surface area contributed by atoms with Gasteiger partial charge >= 0.3 is 0 Å². The summed E-state index contributed by atoms with van der Waals surface area (Å²) in [4.78, 5) is 12.5. The zero-order valence-corrected chi connectivity index (χ0v) is 15.8. The Kier molecular flexibility index (Phi) is 5.81. The van der Waals surface area contributed by atoms with E-state index in [4.69, 9.17) is 9.47 Å². The first kappa shape index (κ1) is 19.1. The van der Waals surface area contributed by atoms with Crippen LogP contribution in [-0.4, -0.2) is 65.1 Å². The minimum Gasteiger partial charge on any atom is -0.495 e. The molecule has 26 heavy (non-hydrogen) atoms.